The summed E-state index contributed by atoms with van der Waals surface area (Å²) in [5, 5.41) is 4.59. The molecule has 4 aliphatic heterocycles. The molecule has 4 aliphatic rings. The SMILES string of the molecule is CC(COCC(C)OC(=O)CCC(=O)OCCOc1ccc(C2(c3ccccc3)C=Cc3c(cc(N4CCOCC4)c4ccccc34)O2)cc1)OC(=O)CCC(=O)COCOc1ccc(C2(c3ccccc3)C=Cc3c(cc(N4CCOCC4)c4ccccc34)O2)cc1. The number of Topliss-reactive ketones (excluding diaryl/α,β-unsaturated/α-hetero) is 1. The van der Waals surface area contributed by atoms with Crippen molar-refractivity contribution in [2.75, 3.05) is 102 Å². The Morgan fingerprint density at radius 3 is 1.37 bits per heavy atom. The van der Waals surface area contributed by atoms with Gasteiger partial charge in [0.1, 0.15) is 55.0 Å². The van der Waals surface area contributed by atoms with Crippen LogP contribution in [-0.2, 0) is 63.5 Å². The number of anilines is 2. The highest BCUT2D eigenvalue weighted by Crippen LogP contribution is 2.49. The number of rotatable bonds is 27. The van der Waals surface area contributed by atoms with Gasteiger partial charge in [-0.05, 0) is 73.2 Å². The Balaban J connectivity index is 0.523. The van der Waals surface area contributed by atoms with Crippen molar-refractivity contribution in [1.29, 1.82) is 0 Å². The van der Waals surface area contributed by atoms with Crippen LogP contribution in [0, 0.1) is 0 Å². The van der Waals surface area contributed by atoms with Gasteiger partial charge in [0.15, 0.2) is 23.8 Å². The summed E-state index contributed by atoms with van der Waals surface area (Å²) in [5.41, 5.74) is 6.21. The Kier molecular flexibility index (Phi) is 20.4. The van der Waals surface area contributed by atoms with Crippen LogP contribution in [0.4, 0.5) is 11.4 Å². The van der Waals surface area contributed by atoms with E-state index in [0.717, 1.165) is 93.2 Å². The number of nitrogens with zero attached hydrogens (tertiary/aromatic N) is 2. The molecule has 4 atom stereocenters. The first-order valence-corrected chi connectivity index (χ1v) is 31.8. The molecule has 0 bridgehead atoms. The molecule has 4 unspecified atom stereocenters. The van der Waals surface area contributed by atoms with Gasteiger partial charge in [-0.3, -0.25) is 19.2 Å². The summed E-state index contributed by atoms with van der Waals surface area (Å²) in [7, 11) is 0. The van der Waals surface area contributed by atoms with Crippen molar-refractivity contribution < 1.29 is 71.3 Å². The number of hydrogen-bond acceptors (Lipinski definition) is 17. The highest BCUT2D eigenvalue weighted by atomic mass is 16.7. The molecule has 0 aromatic heterocycles. The lowest BCUT2D eigenvalue weighted by Crippen LogP contribution is -2.37. The maximum absolute atomic E-state index is 12.7. The molecule has 17 heteroatoms. The minimum absolute atomic E-state index is 0.0181. The van der Waals surface area contributed by atoms with Gasteiger partial charge in [0.25, 0.3) is 0 Å². The van der Waals surface area contributed by atoms with E-state index < -0.39 is 41.3 Å². The number of carbonyl (C=O) groups excluding carboxylic acids is 4. The number of esters is 3. The summed E-state index contributed by atoms with van der Waals surface area (Å²) < 4.78 is 64.9. The molecule has 8 aromatic rings. The average Bonchev–Trinajstić information content (AvgIpc) is 0.750. The first-order chi connectivity index (χ1) is 45.5. The summed E-state index contributed by atoms with van der Waals surface area (Å²) in [6, 6.07) is 56.8. The van der Waals surface area contributed by atoms with Gasteiger partial charge in [-0.2, -0.15) is 0 Å². The predicted octanol–water partition coefficient (Wildman–Crippen LogP) is 12.3. The van der Waals surface area contributed by atoms with E-state index in [0.29, 0.717) is 37.9 Å². The molecule has 4 heterocycles. The molecule has 17 nitrogen and oxygen atoms in total. The van der Waals surface area contributed by atoms with Crippen LogP contribution in [-0.4, -0.2) is 128 Å². The van der Waals surface area contributed by atoms with Gasteiger partial charge >= 0.3 is 17.9 Å². The minimum Gasteiger partial charge on any atom is -0.490 e. The molecule has 0 radical (unpaired) electrons. The second kappa shape index (κ2) is 29.8. The standard InChI is InChI=1S/C76H76N2O15/c1-53(90-73(81)30-25-59(79)51-86-52-89-61-28-23-58(24-29-61)76(56-15-7-4-8-16-56)36-34-67-63-18-10-12-20-65(63)69(48-71(67)93-76)78-39-43-84-44-40-78)49-85-50-54(2)91-74(82)32-31-72(80)88-46-45-87-60-26-21-57(22-27-60)75(55-13-5-3-6-14-55)35-33-66-62-17-9-11-19-64(62)68(47-70(66)92-75)77-37-41-83-42-38-77/h3-24,26-29,33-36,47-48,53-54H,25,30-32,37-46,49-52H2,1-2H3. The quantitative estimate of drug-likeness (QED) is 0.0205. The zero-order valence-electron chi connectivity index (χ0n) is 52.4. The lowest BCUT2D eigenvalue weighted by atomic mass is 9.83. The summed E-state index contributed by atoms with van der Waals surface area (Å²) in [5.74, 6) is 0.697. The largest absolute Gasteiger partial charge is 0.490 e. The maximum Gasteiger partial charge on any atom is 0.306 e. The number of ether oxygens (including phenoxy) is 11. The zero-order chi connectivity index (χ0) is 64.0. The van der Waals surface area contributed by atoms with Gasteiger partial charge in [0, 0.05) is 100 Å². The van der Waals surface area contributed by atoms with Crippen LogP contribution in [0.5, 0.6) is 23.0 Å². The molecule has 0 aliphatic carbocycles. The van der Waals surface area contributed by atoms with E-state index in [4.69, 9.17) is 52.1 Å². The Hall–Kier alpha value is -9.52. The second-order valence-corrected chi connectivity index (χ2v) is 23.4. The fourth-order valence-electron chi connectivity index (χ4n) is 12.3. The van der Waals surface area contributed by atoms with Crippen LogP contribution in [0.1, 0.15) is 72.9 Å². The number of hydrogen-bond donors (Lipinski definition) is 0. The fourth-order valence-corrected chi connectivity index (χ4v) is 12.3. The smallest absolute Gasteiger partial charge is 0.306 e. The van der Waals surface area contributed by atoms with Crippen LogP contribution in [0.15, 0.2) is 182 Å². The van der Waals surface area contributed by atoms with Crippen LogP contribution in [0.2, 0.25) is 0 Å². The van der Waals surface area contributed by atoms with Crippen molar-refractivity contribution in [2.45, 2.75) is 62.9 Å². The third kappa shape index (κ3) is 15.0. The lowest BCUT2D eigenvalue weighted by molar-refractivity contribution is -0.157. The van der Waals surface area contributed by atoms with Crippen LogP contribution in [0.3, 0.4) is 0 Å². The van der Waals surface area contributed by atoms with Crippen LogP contribution in [0.25, 0.3) is 33.7 Å². The van der Waals surface area contributed by atoms with Crippen molar-refractivity contribution in [3.05, 3.63) is 215 Å². The Bertz CT molecular complexity index is 3700. The Labute approximate surface area is 541 Å². The average molecular weight is 1260 g/mol. The van der Waals surface area contributed by atoms with Crippen LogP contribution < -0.4 is 28.7 Å². The molecule has 0 amide bonds. The molecule has 480 valence electrons. The van der Waals surface area contributed by atoms with Gasteiger partial charge in [-0.1, -0.05) is 133 Å². The van der Waals surface area contributed by atoms with Crippen molar-refractivity contribution in [3.63, 3.8) is 0 Å². The Morgan fingerprint density at radius 1 is 0.462 bits per heavy atom. The van der Waals surface area contributed by atoms with Crippen molar-refractivity contribution in [1.82, 2.24) is 0 Å². The third-order valence-corrected chi connectivity index (χ3v) is 16.9. The van der Waals surface area contributed by atoms with Crippen molar-refractivity contribution in [2.24, 2.45) is 0 Å². The maximum atomic E-state index is 12.7. The third-order valence-electron chi connectivity index (χ3n) is 16.9. The minimum atomic E-state index is -0.926. The summed E-state index contributed by atoms with van der Waals surface area (Å²) in [4.78, 5) is 55.2. The van der Waals surface area contributed by atoms with E-state index in [1.54, 1.807) is 13.8 Å². The number of fused-ring (bicyclic) bond motifs is 6. The first kappa shape index (κ1) is 63.6. The number of carbonyl (C=O) groups is 4. The summed E-state index contributed by atoms with van der Waals surface area (Å²) in [6.45, 7) is 8.91. The van der Waals surface area contributed by atoms with E-state index in [9.17, 15) is 19.2 Å². The Morgan fingerprint density at radius 2 is 0.882 bits per heavy atom. The monoisotopic (exact) mass is 1260 g/mol. The van der Waals surface area contributed by atoms with E-state index in [1.807, 2.05) is 84.9 Å². The number of ketones is 1. The van der Waals surface area contributed by atoms with E-state index >= 15 is 0 Å². The molecule has 8 aromatic carbocycles. The lowest BCUT2D eigenvalue weighted by Gasteiger charge is -2.38. The van der Waals surface area contributed by atoms with Crippen LogP contribution >= 0.6 is 0 Å². The zero-order valence-corrected chi connectivity index (χ0v) is 52.4. The molecular weight excluding hydrogens is 1180 g/mol. The second-order valence-electron chi connectivity index (χ2n) is 23.4. The molecule has 2 fully saturated rings. The topological polar surface area (TPSA) is 176 Å². The van der Waals surface area contributed by atoms with Gasteiger partial charge in [-0.15, -0.1) is 0 Å². The van der Waals surface area contributed by atoms with Gasteiger partial charge < -0.3 is 61.9 Å². The molecule has 0 saturated carbocycles. The fraction of sp³-hybridized carbons (Fsp3) is 0.316. The summed E-state index contributed by atoms with van der Waals surface area (Å²) >= 11 is 0. The van der Waals surface area contributed by atoms with Gasteiger partial charge in [0.2, 0.25) is 0 Å². The molecule has 12 rings (SSSR count). The summed E-state index contributed by atoms with van der Waals surface area (Å²) in [6.07, 6.45) is 6.71. The predicted molar refractivity (Wildman–Crippen MR) is 354 cm³/mol. The van der Waals surface area contributed by atoms with Gasteiger partial charge in [-0.25, -0.2) is 0 Å². The highest BCUT2D eigenvalue weighted by molar-refractivity contribution is 6.03. The normalized spacial score (nSPS) is 18.1. The van der Waals surface area contributed by atoms with E-state index in [-0.39, 0.29) is 71.3 Å². The molecular formula is C76H76N2O15. The van der Waals surface area contributed by atoms with E-state index in [2.05, 4.69) is 119 Å². The van der Waals surface area contributed by atoms with E-state index in [1.165, 1.54) is 10.8 Å². The van der Waals surface area contributed by atoms with Crippen molar-refractivity contribution in [3.8, 4) is 23.0 Å². The molecule has 93 heavy (non-hydrogen) atoms. The highest BCUT2D eigenvalue weighted by Gasteiger charge is 2.40. The number of morpholine rings is 2. The number of benzene rings is 8. The molecule has 0 N–H and O–H groups in total. The van der Waals surface area contributed by atoms with Crippen molar-refractivity contribution >= 4 is 68.8 Å². The first-order valence-electron chi connectivity index (χ1n) is 31.8. The molecule has 2 saturated heterocycles. The molecule has 0 spiro atoms. The van der Waals surface area contributed by atoms with Gasteiger partial charge in [0.05, 0.1) is 58.9 Å².